The van der Waals surface area contributed by atoms with Gasteiger partial charge in [-0.15, -0.1) is 0 Å². The van der Waals surface area contributed by atoms with Crippen LogP contribution in [0, 0.1) is 0 Å². The third kappa shape index (κ3) is 3.11. The van der Waals surface area contributed by atoms with Gasteiger partial charge >= 0.3 is 0 Å². The first-order valence-electron chi connectivity index (χ1n) is 7.13. The average molecular weight is 311 g/mol. The van der Waals surface area contributed by atoms with Crippen molar-refractivity contribution in [3.63, 3.8) is 0 Å². The number of nitrogens with one attached hydrogen (secondary N) is 1. The molecule has 0 aliphatic rings. The summed E-state index contributed by atoms with van der Waals surface area (Å²) in [6.45, 7) is 0.141. The molecule has 0 saturated heterocycles. The molecule has 0 fully saturated rings. The minimum atomic E-state index is -0.161. The number of ether oxygens (including phenoxy) is 2. The molecule has 0 atom stereocenters. The van der Waals surface area contributed by atoms with Gasteiger partial charge in [0.2, 0.25) is 5.91 Å². The molecule has 0 saturated carbocycles. The zero-order chi connectivity index (χ0) is 16.2. The molecule has 0 bridgehead atoms. The van der Waals surface area contributed by atoms with Crippen LogP contribution in [0.15, 0.2) is 48.7 Å². The number of carbonyl (C=O) groups is 1. The number of nitrogens with zero attached hydrogens (tertiary/aromatic N) is 2. The first-order chi connectivity index (χ1) is 11.2. The van der Waals surface area contributed by atoms with Crippen molar-refractivity contribution in [3.8, 4) is 11.5 Å². The quantitative estimate of drug-likeness (QED) is 0.787. The zero-order valence-corrected chi connectivity index (χ0v) is 12.9. The van der Waals surface area contributed by atoms with Gasteiger partial charge in [-0.3, -0.25) is 9.48 Å². The Kier molecular flexibility index (Phi) is 4.14. The zero-order valence-electron chi connectivity index (χ0n) is 12.9. The molecular formula is C17H17N3O3. The van der Waals surface area contributed by atoms with Crippen LogP contribution in [0.5, 0.6) is 11.5 Å². The first-order valence-corrected chi connectivity index (χ1v) is 7.13. The summed E-state index contributed by atoms with van der Waals surface area (Å²) in [6, 6.07) is 13.0. The lowest BCUT2D eigenvalue weighted by Gasteiger charge is -2.11. The number of hydrogen-bond acceptors (Lipinski definition) is 4. The molecule has 6 nitrogen and oxygen atoms in total. The number of rotatable bonds is 5. The monoisotopic (exact) mass is 311 g/mol. The van der Waals surface area contributed by atoms with Crippen molar-refractivity contribution in [1.29, 1.82) is 0 Å². The number of aromatic nitrogens is 2. The lowest BCUT2D eigenvalue weighted by Crippen LogP contribution is -2.19. The van der Waals surface area contributed by atoms with Gasteiger partial charge in [-0.25, -0.2) is 0 Å². The Labute approximate surface area is 133 Å². The van der Waals surface area contributed by atoms with E-state index < -0.39 is 0 Å². The van der Waals surface area contributed by atoms with E-state index >= 15 is 0 Å². The second-order valence-corrected chi connectivity index (χ2v) is 4.98. The molecule has 1 aromatic heterocycles. The molecule has 0 spiro atoms. The fraction of sp³-hybridized carbons (Fsp3) is 0.176. The Morgan fingerprint density at radius 1 is 1.13 bits per heavy atom. The lowest BCUT2D eigenvalue weighted by molar-refractivity contribution is -0.116. The number of methoxy groups -OCH3 is 2. The number of carbonyl (C=O) groups excluding carboxylic acids is 1. The van der Waals surface area contributed by atoms with Crippen molar-refractivity contribution in [1.82, 2.24) is 9.78 Å². The van der Waals surface area contributed by atoms with Gasteiger partial charge in [0.05, 0.1) is 25.9 Å². The maximum atomic E-state index is 12.2. The van der Waals surface area contributed by atoms with E-state index in [2.05, 4.69) is 10.4 Å². The third-order valence-electron chi connectivity index (χ3n) is 3.51. The number of benzene rings is 2. The van der Waals surface area contributed by atoms with Crippen LogP contribution in [0.1, 0.15) is 0 Å². The van der Waals surface area contributed by atoms with Crippen LogP contribution in [-0.4, -0.2) is 29.9 Å². The molecule has 2 aromatic carbocycles. The van der Waals surface area contributed by atoms with Crippen molar-refractivity contribution in [2.75, 3.05) is 19.5 Å². The first kappa shape index (κ1) is 14.9. The summed E-state index contributed by atoms with van der Waals surface area (Å²) in [5.74, 6) is 1.02. The number of fused-ring (bicyclic) bond motifs is 1. The van der Waals surface area contributed by atoms with Crippen molar-refractivity contribution >= 4 is 22.5 Å². The molecule has 3 aromatic rings. The molecule has 0 aliphatic carbocycles. The van der Waals surface area contributed by atoms with Gasteiger partial charge in [0, 0.05) is 17.1 Å². The molecule has 1 N–H and O–H groups in total. The van der Waals surface area contributed by atoms with E-state index in [0.29, 0.717) is 17.2 Å². The number of hydrogen-bond donors (Lipinski definition) is 1. The second kappa shape index (κ2) is 6.39. The summed E-state index contributed by atoms with van der Waals surface area (Å²) < 4.78 is 12.1. The average Bonchev–Trinajstić information content (AvgIpc) is 2.97. The normalized spacial score (nSPS) is 10.5. The Bertz CT molecular complexity index is 842. The van der Waals surface area contributed by atoms with Gasteiger partial charge < -0.3 is 14.8 Å². The highest BCUT2D eigenvalue weighted by molar-refractivity contribution is 5.92. The van der Waals surface area contributed by atoms with Gasteiger partial charge in [0.25, 0.3) is 0 Å². The van der Waals surface area contributed by atoms with E-state index in [1.54, 1.807) is 43.3 Å². The smallest absolute Gasteiger partial charge is 0.246 e. The van der Waals surface area contributed by atoms with Crippen molar-refractivity contribution in [2.24, 2.45) is 0 Å². The topological polar surface area (TPSA) is 65.4 Å². The van der Waals surface area contributed by atoms with Crippen molar-refractivity contribution in [3.05, 3.63) is 48.7 Å². The van der Waals surface area contributed by atoms with E-state index in [1.165, 1.54) is 0 Å². The second-order valence-electron chi connectivity index (χ2n) is 4.98. The minimum absolute atomic E-state index is 0.141. The maximum Gasteiger partial charge on any atom is 0.246 e. The van der Waals surface area contributed by atoms with Crippen molar-refractivity contribution in [2.45, 2.75) is 6.54 Å². The van der Waals surface area contributed by atoms with Gasteiger partial charge in [-0.05, 0) is 18.2 Å². The largest absolute Gasteiger partial charge is 0.493 e. The van der Waals surface area contributed by atoms with Gasteiger partial charge in [-0.1, -0.05) is 18.2 Å². The molecule has 0 aliphatic heterocycles. The summed E-state index contributed by atoms with van der Waals surface area (Å²) in [7, 11) is 3.12. The van der Waals surface area contributed by atoms with Crippen LogP contribution in [0.3, 0.4) is 0 Å². The summed E-state index contributed by atoms with van der Waals surface area (Å²) in [5, 5.41) is 8.09. The minimum Gasteiger partial charge on any atom is -0.493 e. The van der Waals surface area contributed by atoms with Gasteiger partial charge in [-0.2, -0.15) is 5.10 Å². The van der Waals surface area contributed by atoms with Crippen LogP contribution < -0.4 is 14.8 Å². The molecule has 1 heterocycles. The lowest BCUT2D eigenvalue weighted by atomic mass is 10.2. The molecule has 118 valence electrons. The van der Waals surface area contributed by atoms with Gasteiger partial charge in [0.1, 0.15) is 6.54 Å². The van der Waals surface area contributed by atoms with Crippen molar-refractivity contribution < 1.29 is 14.3 Å². The Morgan fingerprint density at radius 2 is 1.91 bits per heavy atom. The summed E-state index contributed by atoms with van der Waals surface area (Å²) >= 11 is 0. The molecule has 6 heteroatoms. The fourth-order valence-electron chi connectivity index (χ4n) is 2.40. The van der Waals surface area contributed by atoms with Crippen LogP contribution in [0.4, 0.5) is 5.69 Å². The highest BCUT2D eigenvalue weighted by Gasteiger charge is 2.10. The summed E-state index contributed by atoms with van der Waals surface area (Å²) in [5.41, 5.74) is 1.57. The van der Waals surface area contributed by atoms with Gasteiger partial charge in [0.15, 0.2) is 11.5 Å². The SMILES string of the molecule is COc1ccc(NC(=O)Cn2ncc3ccccc32)cc1OC. The van der Waals surface area contributed by atoms with E-state index in [-0.39, 0.29) is 12.5 Å². The molecule has 0 unspecified atom stereocenters. The van der Waals surface area contributed by atoms with E-state index in [4.69, 9.17) is 9.47 Å². The fourth-order valence-corrected chi connectivity index (χ4v) is 2.40. The standard InChI is InChI=1S/C17H17N3O3/c1-22-15-8-7-13(9-16(15)23-2)19-17(21)11-20-14-6-4-3-5-12(14)10-18-20/h3-10H,11H2,1-2H3,(H,19,21). The Morgan fingerprint density at radius 3 is 2.70 bits per heavy atom. The highest BCUT2D eigenvalue weighted by atomic mass is 16.5. The Balaban J connectivity index is 1.74. The van der Waals surface area contributed by atoms with Crippen LogP contribution in [0.2, 0.25) is 0 Å². The maximum absolute atomic E-state index is 12.2. The number of anilines is 1. The predicted molar refractivity (Wildman–Crippen MR) is 87.9 cm³/mol. The van der Waals surface area contributed by atoms with E-state index in [1.807, 2.05) is 24.3 Å². The number of amides is 1. The molecule has 3 rings (SSSR count). The van der Waals surface area contributed by atoms with Crippen LogP contribution in [0.25, 0.3) is 10.9 Å². The molecule has 1 amide bonds. The van der Waals surface area contributed by atoms with E-state index in [0.717, 1.165) is 10.9 Å². The summed E-state index contributed by atoms with van der Waals surface area (Å²) in [4.78, 5) is 12.2. The third-order valence-corrected chi connectivity index (χ3v) is 3.51. The predicted octanol–water partition coefficient (Wildman–Crippen LogP) is 2.69. The molecule has 23 heavy (non-hydrogen) atoms. The Hall–Kier alpha value is -3.02. The highest BCUT2D eigenvalue weighted by Crippen LogP contribution is 2.29. The molecule has 0 radical (unpaired) electrons. The van der Waals surface area contributed by atoms with E-state index in [9.17, 15) is 4.79 Å². The van der Waals surface area contributed by atoms with Crippen LogP contribution in [-0.2, 0) is 11.3 Å². The summed E-state index contributed by atoms with van der Waals surface area (Å²) in [6.07, 6.45) is 1.75. The van der Waals surface area contributed by atoms with Crippen LogP contribution >= 0.6 is 0 Å². The molecular weight excluding hydrogens is 294 g/mol. The number of para-hydroxylation sites is 1.